The van der Waals surface area contributed by atoms with Crippen molar-refractivity contribution in [1.29, 1.82) is 0 Å². The lowest BCUT2D eigenvalue weighted by molar-refractivity contribution is -0.155. The lowest BCUT2D eigenvalue weighted by atomic mass is 10.1. The zero-order valence-corrected chi connectivity index (χ0v) is 15.9. The molecule has 1 aliphatic heterocycles. The van der Waals surface area contributed by atoms with Crippen molar-refractivity contribution in [1.82, 2.24) is 15.1 Å². The third-order valence-electron chi connectivity index (χ3n) is 4.26. The molecule has 1 N–H and O–H groups in total. The van der Waals surface area contributed by atoms with Crippen LogP contribution in [-0.2, 0) is 25.7 Å². The first-order valence-electron chi connectivity index (χ1n) is 8.86. The summed E-state index contributed by atoms with van der Waals surface area (Å²) < 4.78 is 5.11. The number of ether oxygens (including phenoxy) is 1. The molecule has 0 spiro atoms. The van der Waals surface area contributed by atoms with Gasteiger partial charge in [-0.15, -0.1) is 0 Å². The van der Waals surface area contributed by atoms with Gasteiger partial charge in [0.2, 0.25) is 5.91 Å². The predicted octanol–water partition coefficient (Wildman–Crippen LogP) is 1.22. The number of aryl methyl sites for hydroxylation is 1. The molecule has 1 aliphatic rings. The van der Waals surface area contributed by atoms with E-state index in [1.807, 2.05) is 31.2 Å². The van der Waals surface area contributed by atoms with E-state index in [1.54, 1.807) is 7.05 Å². The van der Waals surface area contributed by atoms with Gasteiger partial charge in [0.25, 0.3) is 5.91 Å². The minimum atomic E-state index is -0.913. The number of nitrogens with zero attached hydrogens (tertiary/aromatic N) is 2. The molecule has 0 saturated carbocycles. The van der Waals surface area contributed by atoms with Gasteiger partial charge in [0.15, 0.2) is 6.10 Å². The van der Waals surface area contributed by atoms with E-state index in [1.165, 1.54) is 11.8 Å². The first-order chi connectivity index (χ1) is 12.8. The molecule has 2 rings (SSSR count). The van der Waals surface area contributed by atoms with E-state index in [0.29, 0.717) is 13.0 Å². The first kappa shape index (κ1) is 20.4. The Morgan fingerprint density at radius 3 is 2.48 bits per heavy atom. The average molecular weight is 375 g/mol. The monoisotopic (exact) mass is 375 g/mol. The van der Waals surface area contributed by atoms with E-state index in [2.05, 4.69) is 5.32 Å². The van der Waals surface area contributed by atoms with E-state index in [4.69, 9.17) is 4.74 Å². The van der Waals surface area contributed by atoms with Crippen molar-refractivity contribution >= 4 is 23.8 Å². The molecule has 0 aliphatic carbocycles. The molecule has 1 atom stereocenters. The lowest BCUT2D eigenvalue weighted by Crippen LogP contribution is -2.36. The summed E-state index contributed by atoms with van der Waals surface area (Å²) in [5.74, 6) is -1.20. The molecule has 0 radical (unpaired) electrons. The number of esters is 1. The smallest absolute Gasteiger partial charge is 0.326 e. The number of likely N-dealkylation sites (N-methyl/N-ethyl adjacent to an activating group) is 1. The van der Waals surface area contributed by atoms with Crippen LogP contribution in [0, 0.1) is 6.92 Å². The fourth-order valence-corrected chi connectivity index (χ4v) is 2.62. The van der Waals surface area contributed by atoms with Crippen LogP contribution in [-0.4, -0.2) is 59.9 Å². The van der Waals surface area contributed by atoms with Crippen molar-refractivity contribution in [2.24, 2.45) is 0 Å². The van der Waals surface area contributed by atoms with Crippen molar-refractivity contribution in [3.8, 4) is 0 Å². The second-order valence-electron chi connectivity index (χ2n) is 6.62. The van der Waals surface area contributed by atoms with Crippen molar-refractivity contribution in [2.45, 2.75) is 39.3 Å². The molecule has 0 aromatic heterocycles. The Hall–Kier alpha value is -2.90. The van der Waals surface area contributed by atoms with E-state index in [-0.39, 0.29) is 37.4 Å². The van der Waals surface area contributed by atoms with Gasteiger partial charge in [-0.25, -0.2) is 4.79 Å². The molecule has 1 heterocycles. The summed E-state index contributed by atoms with van der Waals surface area (Å²) in [6.07, 6.45) is -0.595. The SMILES string of the molecule is Cc1ccc(CNC(=O)[C@@H](C)OC(=O)CCCN2C(=O)CN(C)C2=O)cc1. The number of carbonyl (C=O) groups is 4. The number of nitrogens with one attached hydrogen (secondary N) is 1. The average Bonchev–Trinajstić information content (AvgIpc) is 2.86. The van der Waals surface area contributed by atoms with Crippen LogP contribution in [0.1, 0.15) is 30.9 Å². The molecule has 8 nitrogen and oxygen atoms in total. The maximum absolute atomic E-state index is 12.0. The molecule has 0 unspecified atom stereocenters. The van der Waals surface area contributed by atoms with Crippen molar-refractivity contribution in [2.75, 3.05) is 20.1 Å². The number of amides is 4. The highest BCUT2D eigenvalue weighted by atomic mass is 16.5. The molecular formula is C19H25N3O5. The Morgan fingerprint density at radius 1 is 1.22 bits per heavy atom. The summed E-state index contributed by atoms with van der Waals surface area (Å²) in [5.41, 5.74) is 2.09. The van der Waals surface area contributed by atoms with Crippen LogP contribution >= 0.6 is 0 Å². The van der Waals surface area contributed by atoms with E-state index in [9.17, 15) is 19.2 Å². The number of urea groups is 1. The Labute approximate surface area is 158 Å². The summed E-state index contributed by atoms with van der Waals surface area (Å²) in [6, 6.07) is 7.39. The van der Waals surface area contributed by atoms with E-state index >= 15 is 0 Å². The first-order valence-corrected chi connectivity index (χ1v) is 8.86. The number of hydrogen-bond acceptors (Lipinski definition) is 5. The number of hydrogen-bond donors (Lipinski definition) is 1. The van der Waals surface area contributed by atoms with Gasteiger partial charge in [0.05, 0.1) is 0 Å². The quantitative estimate of drug-likeness (QED) is 0.544. The summed E-state index contributed by atoms with van der Waals surface area (Å²) in [7, 11) is 1.55. The summed E-state index contributed by atoms with van der Waals surface area (Å²) >= 11 is 0. The highest BCUT2D eigenvalue weighted by Crippen LogP contribution is 2.10. The Kier molecular flexibility index (Phi) is 6.92. The van der Waals surface area contributed by atoms with Crippen LogP contribution in [0.5, 0.6) is 0 Å². The zero-order chi connectivity index (χ0) is 20.0. The topological polar surface area (TPSA) is 96.0 Å². The molecule has 1 aromatic rings. The standard InChI is InChI=1S/C19H25N3O5/c1-13-6-8-15(9-7-13)11-20-18(25)14(2)27-17(24)5-4-10-22-16(23)12-21(3)19(22)26/h6-9,14H,4-5,10-12H2,1-3H3,(H,20,25)/t14-/m1/s1. The fraction of sp³-hybridized carbons (Fsp3) is 0.474. The van der Waals surface area contributed by atoms with Crippen molar-refractivity contribution < 1.29 is 23.9 Å². The molecule has 1 saturated heterocycles. The maximum Gasteiger partial charge on any atom is 0.326 e. The molecule has 1 aromatic carbocycles. The highest BCUT2D eigenvalue weighted by molar-refractivity contribution is 6.01. The van der Waals surface area contributed by atoms with Crippen LogP contribution < -0.4 is 5.32 Å². The van der Waals surface area contributed by atoms with Gasteiger partial charge in [0, 0.05) is 26.6 Å². The van der Waals surface area contributed by atoms with Crippen LogP contribution in [0.4, 0.5) is 4.79 Å². The third-order valence-corrected chi connectivity index (χ3v) is 4.26. The van der Waals surface area contributed by atoms with Crippen LogP contribution in [0.3, 0.4) is 0 Å². The van der Waals surface area contributed by atoms with Crippen LogP contribution in [0.15, 0.2) is 24.3 Å². The Balaban J connectivity index is 1.68. The van der Waals surface area contributed by atoms with Crippen LogP contribution in [0.25, 0.3) is 0 Å². The van der Waals surface area contributed by atoms with Gasteiger partial charge in [-0.2, -0.15) is 0 Å². The van der Waals surface area contributed by atoms with Gasteiger partial charge >= 0.3 is 12.0 Å². The molecule has 1 fully saturated rings. The van der Waals surface area contributed by atoms with Crippen molar-refractivity contribution in [3.05, 3.63) is 35.4 Å². The predicted molar refractivity (Wildman–Crippen MR) is 97.6 cm³/mol. The number of benzene rings is 1. The number of rotatable bonds is 8. The fourth-order valence-electron chi connectivity index (χ4n) is 2.62. The largest absolute Gasteiger partial charge is 0.453 e. The number of imide groups is 1. The second-order valence-corrected chi connectivity index (χ2v) is 6.62. The third kappa shape index (κ3) is 5.80. The molecule has 4 amide bonds. The zero-order valence-electron chi connectivity index (χ0n) is 15.9. The van der Waals surface area contributed by atoms with Gasteiger partial charge < -0.3 is 15.0 Å². The number of carbonyl (C=O) groups excluding carboxylic acids is 4. The normalized spacial score (nSPS) is 15.1. The van der Waals surface area contributed by atoms with Gasteiger partial charge in [-0.05, 0) is 25.8 Å². The molecule has 0 bridgehead atoms. The van der Waals surface area contributed by atoms with Gasteiger partial charge in [0.1, 0.15) is 6.54 Å². The molecular weight excluding hydrogens is 350 g/mol. The summed E-state index contributed by atoms with van der Waals surface area (Å²) in [4.78, 5) is 49.7. The highest BCUT2D eigenvalue weighted by Gasteiger charge is 2.33. The van der Waals surface area contributed by atoms with Gasteiger partial charge in [-0.3, -0.25) is 19.3 Å². The minimum Gasteiger partial charge on any atom is -0.453 e. The van der Waals surface area contributed by atoms with Crippen LogP contribution in [0.2, 0.25) is 0 Å². The summed E-state index contributed by atoms with van der Waals surface area (Å²) in [6.45, 7) is 4.06. The van der Waals surface area contributed by atoms with E-state index in [0.717, 1.165) is 16.0 Å². The lowest BCUT2D eigenvalue weighted by Gasteiger charge is -2.15. The van der Waals surface area contributed by atoms with Gasteiger partial charge in [-0.1, -0.05) is 29.8 Å². The van der Waals surface area contributed by atoms with Crippen molar-refractivity contribution in [3.63, 3.8) is 0 Å². The second kappa shape index (κ2) is 9.16. The minimum absolute atomic E-state index is 0.0242. The summed E-state index contributed by atoms with van der Waals surface area (Å²) in [5, 5.41) is 2.72. The molecule has 27 heavy (non-hydrogen) atoms. The Bertz CT molecular complexity index is 717. The molecule has 146 valence electrons. The maximum atomic E-state index is 12.0. The molecule has 8 heteroatoms. The van der Waals surface area contributed by atoms with E-state index < -0.39 is 12.1 Å². The Morgan fingerprint density at radius 2 is 1.89 bits per heavy atom.